The molecule has 1 unspecified atom stereocenters. The number of fused-ring (bicyclic) bond motifs is 1. The Hall–Kier alpha value is -1.60. The van der Waals surface area contributed by atoms with Crippen LogP contribution in [-0.2, 0) is 0 Å². The van der Waals surface area contributed by atoms with Crippen molar-refractivity contribution >= 4 is 51.8 Å². The van der Waals surface area contributed by atoms with Crippen LogP contribution in [0.4, 0.5) is 11.6 Å². The molecule has 0 saturated heterocycles. The zero-order chi connectivity index (χ0) is 12.6. The molecule has 1 aromatic rings. The van der Waals surface area contributed by atoms with Crippen molar-refractivity contribution in [3.63, 3.8) is 0 Å². The third-order valence-electron chi connectivity index (χ3n) is 1.88. The maximum atomic E-state index is 8.80. The van der Waals surface area contributed by atoms with Gasteiger partial charge in [0, 0.05) is 11.8 Å². The quantitative estimate of drug-likeness (QED) is 0.414. The zero-order valence-corrected chi connectivity index (χ0v) is 10.2. The molecule has 1 aromatic heterocycles. The van der Waals surface area contributed by atoms with E-state index in [4.69, 9.17) is 45.5 Å². The van der Waals surface area contributed by atoms with Crippen LogP contribution in [0.2, 0.25) is 0 Å². The summed E-state index contributed by atoms with van der Waals surface area (Å²) in [7, 11) is 0. The van der Waals surface area contributed by atoms with E-state index in [1.165, 1.54) is 0 Å². The molecule has 0 saturated carbocycles. The van der Waals surface area contributed by atoms with Gasteiger partial charge in [0.1, 0.15) is 17.3 Å². The monoisotopic (exact) mass is 286 g/mol. The smallest absolute Gasteiger partial charge is 0.199 e. The number of aromatic nitrogens is 2. The third kappa shape index (κ3) is 1.87. The predicted molar refractivity (Wildman–Crippen MR) is 62.4 cm³/mol. The molecule has 1 aliphatic rings. The van der Waals surface area contributed by atoms with Crippen LogP contribution in [-0.4, -0.2) is 20.6 Å². The van der Waals surface area contributed by atoms with E-state index in [-0.39, 0.29) is 28.2 Å². The Bertz CT molecular complexity index is 599. The van der Waals surface area contributed by atoms with Gasteiger partial charge >= 0.3 is 0 Å². The topological polar surface area (TPSA) is 89.0 Å². The third-order valence-corrected chi connectivity index (χ3v) is 3.14. The first-order chi connectivity index (χ1) is 8.08. The first-order valence-corrected chi connectivity index (χ1v) is 5.29. The average molecular weight is 287 g/mol. The van der Waals surface area contributed by atoms with E-state index in [1.807, 2.05) is 0 Å². The molecule has 2 heterocycles. The van der Waals surface area contributed by atoms with Crippen molar-refractivity contribution < 1.29 is 0 Å². The van der Waals surface area contributed by atoms with E-state index in [1.54, 1.807) is 12.1 Å². The summed E-state index contributed by atoms with van der Waals surface area (Å²) in [6.07, 6.45) is 0. The number of rotatable bonds is 0. The molecule has 1 atom stereocenters. The molecule has 0 N–H and O–H groups in total. The highest BCUT2D eigenvalue weighted by Crippen LogP contribution is 2.35. The van der Waals surface area contributed by atoms with Crippen LogP contribution in [0.3, 0.4) is 0 Å². The fraction of sp³-hybridized carbons (Fsp3) is 0.125. The van der Waals surface area contributed by atoms with Gasteiger partial charge in [0.2, 0.25) is 0 Å². The lowest BCUT2D eigenvalue weighted by molar-refractivity contribution is 1.01. The molecule has 6 nitrogen and oxygen atoms in total. The number of halogens is 3. The van der Waals surface area contributed by atoms with Crippen LogP contribution < -0.4 is 4.42 Å². The summed E-state index contributed by atoms with van der Waals surface area (Å²) in [4.78, 5) is 11.6. The first-order valence-electron chi connectivity index (χ1n) is 4.14. The second-order valence-corrected chi connectivity index (χ2v) is 4.04. The molecule has 17 heavy (non-hydrogen) atoms. The Kier molecular flexibility index (Phi) is 3.03. The second kappa shape index (κ2) is 4.34. The summed E-state index contributed by atoms with van der Waals surface area (Å²) in [5.41, 5.74) is -1.17. The minimum absolute atomic E-state index is 0.0112. The molecular formula is C8HCl3N6. The van der Waals surface area contributed by atoms with Gasteiger partial charge in [-0.3, -0.25) is 0 Å². The van der Waals surface area contributed by atoms with Crippen molar-refractivity contribution in [1.82, 2.24) is 9.97 Å². The first kappa shape index (κ1) is 11.9. The predicted octanol–water partition coefficient (Wildman–Crippen LogP) is 2.03. The number of aliphatic imine (C=N–C) groups is 1. The molecule has 0 bridgehead atoms. The minimum Gasteiger partial charge on any atom is -0.240 e. The van der Waals surface area contributed by atoms with Crippen LogP contribution in [0, 0.1) is 22.7 Å². The molecule has 0 aromatic carbocycles. The molecule has 0 aliphatic carbocycles. The van der Waals surface area contributed by atoms with E-state index in [0.29, 0.717) is 0 Å². The molecule has 0 fully saturated rings. The number of hydrogen-bond acceptors (Lipinski definition) is 6. The van der Waals surface area contributed by atoms with Crippen molar-refractivity contribution in [2.45, 2.75) is 5.50 Å². The van der Waals surface area contributed by atoms with Crippen molar-refractivity contribution in [3.8, 4) is 12.1 Å². The summed E-state index contributed by atoms with van der Waals surface area (Å²) in [5, 5.41) is 17.6. The molecule has 0 amide bonds. The van der Waals surface area contributed by atoms with Crippen LogP contribution in [0.25, 0.3) is 0 Å². The normalized spacial score (nSPS) is 17.8. The largest absolute Gasteiger partial charge is 0.240 e. The van der Waals surface area contributed by atoms with Crippen LogP contribution in [0.1, 0.15) is 11.4 Å². The van der Waals surface area contributed by atoms with Gasteiger partial charge in [0.15, 0.2) is 28.5 Å². The fourth-order valence-corrected chi connectivity index (χ4v) is 1.72. The van der Waals surface area contributed by atoms with Gasteiger partial charge in [-0.05, 0) is 0 Å². The van der Waals surface area contributed by atoms with Crippen molar-refractivity contribution in [1.29, 1.82) is 10.5 Å². The van der Waals surface area contributed by atoms with Gasteiger partial charge in [0.05, 0.1) is 0 Å². The molecular weight excluding hydrogens is 286 g/mol. The Morgan fingerprint density at radius 3 is 2.35 bits per heavy atom. The van der Waals surface area contributed by atoms with Crippen molar-refractivity contribution in [3.05, 3.63) is 11.4 Å². The number of nitrogens with zero attached hydrogens (tertiary/aromatic N) is 6. The van der Waals surface area contributed by atoms with Crippen molar-refractivity contribution in [2.24, 2.45) is 4.99 Å². The standard InChI is InChI=1S/C8HCl3N6/c9-5-6(10)17(11)8-7(16-5)14-3(1-12)4(2-13)15-8/h6H. The van der Waals surface area contributed by atoms with Gasteiger partial charge in [0.25, 0.3) is 0 Å². The SMILES string of the molecule is N#Cc1nc2c(nc1C#N)N(Cl)C(Cl)C(Cl)=N2. The lowest BCUT2D eigenvalue weighted by Gasteiger charge is -2.24. The Morgan fingerprint density at radius 2 is 1.76 bits per heavy atom. The number of nitriles is 2. The van der Waals surface area contributed by atoms with Crippen molar-refractivity contribution in [2.75, 3.05) is 4.42 Å². The molecule has 0 spiro atoms. The van der Waals surface area contributed by atoms with Gasteiger partial charge in [-0.25, -0.2) is 19.4 Å². The number of anilines is 1. The molecule has 0 radical (unpaired) electrons. The van der Waals surface area contributed by atoms with Crippen LogP contribution >= 0.6 is 35.0 Å². The molecule has 9 heteroatoms. The zero-order valence-electron chi connectivity index (χ0n) is 7.89. The van der Waals surface area contributed by atoms with E-state index in [0.717, 1.165) is 4.42 Å². The van der Waals surface area contributed by atoms with Gasteiger partial charge in [-0.1, -0.05) is 23.2 Å². The Labute approximate surface area is 111 Å². The Balaban J connectivity index is 2.70. The summed E-state index contributed by atoms with van der Waals surface area (Å²) in [6, 6.07) is 3.47. The molecule has 84 valence electrons. The summed E-state index contributed by atoms with van der Waals surface area (Å²) in [6.45, 7) is 0. The summed E-state index contributed by atoms with van der Waals surface area (Å²) in [5.74, 6) is 0.143. The molecule has 2 rings (SSSR count). The van der Waals surface area contributed by atoms with Gasteiger partial charge < -0.3 is 0 Å². The summed E-state index contributed by atoms with van der Waals surface area (Å²) >= 11 is 17.4. The highest BCUT2D eigenvalue weighted by atomic mass is 35.5. The summed E-state index contributed by atoms with van der Waals surface area (Å²) < 4.78 is 1.00. The highest BCUT2D eigenvalue weighted by molar-refractivity contribution is 6.72. The second-order valence-electron chi connectivity index (χ2n) is 2.87. The lowest BCUT2D eigenvalue weighted by Crippen LogP contribution is -2.31. The van der Waals surface area contributed by atoms with Crippen LogP contribution in [0.5, 0.6) is 0 Å². The molecule has 1 aliphatic heterocycles. The van der Waals surface area contributed by atoms with E-state index in [2.05, 4.69) is 15.0 Å². The lowest BCUT2D eigenvalue weighted by atomic mass is 10.3. The van der Waals surface area contributed by atoms with E-state index >= 15 is 0 Å². The maximum Gasteiger partial charge on any atom is 0.199 e. The Morgan fingerprint density at radius 1 is 1.18 bits per heavy atom. The van der Waals surface area contributed by atoms with Crippen LogP contribution in [0.15, 0.2) is 4.99 Å². The average Bonchev–Trinajstić information content (AvgIpc) is 2.34. The van der Waals surface area contributed by atoms with E-state index < -0.39 is 5.50 Å². The minimum atomic E-state index is -0.889. The fourth-order valence-electron chi connectivity index (χ4n) is 1.15. The number of alkyl halides is 1. The number of hydrogen-bond donors (Lipinski definition) is 0. The maximum absolute atomic E-state index is 8.80. The van der Waals surface area contributed by atoms with Gasteiger partial charge in [-0.15, -0.1) is 0 Å². The highest BCUT2D eigenvalue weighted by Gasteiger charge is 2.30. The van der Waals surface area contributed by atoms with E-state index in [9.17, 15) is 0 Å². The van der Waals surface area contributed by atoms with Gasteiger partial charge in [-0.2, -0.15) is 10.5 Å².